The van der Waals surface area contributed by atoms with Crippen molar-refractivity contribution in [2.75, 3.05) is 6.54 Å². The van der Waals surface area contributed by atoms with E-state index in [1.165, 1.54) is 23.4 Å². The van der Waals surface area contributed by atoms with Crippen LogP contribution in [0.2, 0.25) is 0 Å². The fourth-order valence-corrected chi connectivity index (χ4v) is 2.29. The van der Waals surface area contributed by atoms with Crippen LogP contribution in [-0.2, 0) is 19.4 Å². The Balaban J connectivity index is 2.89. The molecule has 0 aromatic heterocycles. The van der Waals surface area contributed by atoms with Crippen LogP contribution in [0, 0.1) is 0 Å². The van der Waals surface area contributed by atoms with Crippen molar-refractivity contribution in [2.45, 2.75) is 6.42 Å². The van der Waals surface area contributed by atoms with Gasteiger partial charge in [-0.25, -0.2) is 0 Å². The van der Waals surface area contributed by atoms with Gasteiger partial charge < -0.3 is 0 Å². The molecule has 0 spiro atoms. The summed E-state index contributed by atoms with van der Waals surface area (Å²) in [7, 11) is 0. The first-order valence-electron chi connectivity index (χ1n) is 2.83. The summed E-state index contributed by atoms with van der Waals surface area (Å²) in [6.45, 7) is 5.98. The quantitative estimate of drug-likeness (QED) is 0.428. The van der Waals surface area contributed by atoms with Crippen LogP contribution in [-0.4, -0.2) is 17.3 Å². The van der Waals surface area contributed by atoms with E-state index in [0.717, 1.165) is 18.5 Å². The first kappa shape index (κ1) is 8.32. The van der Waals surface area contributed by atoms with Crippen molar-refractivity contribution in [3.05, 3.63) is 10.7 Å². The molecule has 0 aromatic carbocycles. The van der Waals surface area contributed by atoms with Gasteiger partial charge in [-0.1, -0.05) is 0 Å². The van der Waals surface area contributed by atoms with Crippen LogP contribution in [0.3, 0.4) is 0 Å². The van der Waals surface area contributed by atoms with Crippen molar-refractivity contribution < 1.29 is 19.4 Å². The third-order valence-corrected chi connectivity index (χ3v) is 3.03. The average molecular weight is 325 g/mol. The summed E-state index contributed by atoms with van der Waals surface area (Å²) in [5, 5.41) is 3.62. The standard InChI is InChI=1S/C6H6ClN2.W/c1-8-6(7)5-2-3-9-4-5;/h1,9H,2-3H2;/q-1;/b6-5-;. The summed E-state index contributed by atoms with van der Waals surface area (Å²) >= 11 is 7.09. The molecule has 4 heteroatoms. The molecule has 1 rings (SSSR count). The summed E-state index contributed by atoms with van der Waals surface area (Å²) in [6.07, 6.45) is 0.943. The Kier molecular flexibility index (Phi) is 2.96. The fourth-order valence-electron chi connectivity index (χ4n) is 0.796. The van der Waals surface area contributed by atoms with E-state index in [4.69, 9.17) is 18.3 Å². The van der Waals surface area contributed by atoms with Crippen LogP contribution in [0.15, 0.2) is 15.7 Å². The molecule has 0 bridgehead atoms. The number of rotatable bonds is 1. The molecule has 10 heavy (non-hydrogen) atoms. The van der Waals surface area contributed by atoms with E-state index in [9.17, 15) is 0 Å². The molecule has 1 aliphatic heterocycles. The van der Waals surface area contributed by atoms with Gasteiger partial charge in [0.2, 0.25) is 0 Å². The van der Waals surface area contributed by atoms with Gasteiger partial charge in [0.15, 0.2) is 0 Å². The number of hydrogen-bond acceptors (Lipinski definition) is 2. The summed E-state index contributed by atoms with van der Waals surface area (Å²) in [5.74, 6) is 0. The second kappa shape index (κ2) is 3.56. The Labute approximate surface area is 75.8 Å². The van der Waals surface area contributed by atoms with Crippen LogP contribution < -0.4 is 5.32 Å². The van der Waals surface area contributed by atoms with E-state index >= 15 is 0 Å². The summed E-state index contributed by atoms with van der Waals surface area (Å²) in [4.78, 5) is 3.42. The summed E-state index contributed by atoms with van der Waals surface area (Å²) < 4.78 is 1.17. The molecule has 0 atom stereocenters. The summed E-state index contributed by atoms with van der Waals surface area (Å²) in [6, 6.07) is 0. The number of nitrogens with zero attached hydrogens (tertiary/aromatic N) is 1. The first-order chi connectivity index (χ1) is 4.75. The van der Waals surface area contributed by atoms with Crippen molar-refractivity contribution in [1.82, 2.24) is 5.32 Å². The predicted octanol–water partition coefficient (Wildman–Crippen LogP) is 0.684. The first-order valence-corrected chi connectivity index (χ1v) is 4.68. The molecular weight excluding hydrogens is 319 g/mol. The van der Waals surface area contributed by atoms with Crippen LogP contribution in [0.1, 0.15) is 6.42 Å². The van der Waals surface area contributed by atoms with Gasteiger partial charge >= 0.3 is 75.7 Å². The van der Waals surface area contributed by atoms with Gasteiger partial charge in [0, 0.05) is 0 Å². The van der Waals surface area contributed by atoms with Gasteiger partial charge in [-0.3, -0.25) is 0 Å². The van der Waals surface area contributed by atoms with Crippen LogP contribution >= 0.6 is 11.6 Å². The Hall–Kier alpha value is 0.218. The molecule has 0 aromatic rings. The minimum absolute atomic E-state index is 0.440. The van der Waals surface area contributed by atoms with Gasteiger partial charge in [0.25, 0.3) is 0 Å². The van der Waals surface area contributed by atoms with Crippen molar-refractivity contribution in [2.24, 2.45) is 4.99 Å². The Morgan fingerprint density at radius 3 is 2.90 bits per heavy atom. The van der Waals surface area contributed by atoms with E-state index < -0.39 is 0 Å². The van der Waals surface area contributed by atoms with Crippen LogP contribution in [0.25, 0.3) is 0 Å². The number of nitrogens with one attached hydrogen (secondary N) is 1. The van der Waals surface area contributed by atoms with E-state index in [1.807, 2.05) is 0 Å². The number of hydrogen-bond donors (Lipinski definition) is 1. The average Bonchev–Trinajstić information content (AvgIpc) is 2.34. The molecule has 1 aliphatic rings. The van der Waals surface area contributed by atoms with Crippen molar-refractivity contribution in [3.8, 4) is 0 Å². The predicted molar refractivity (Wildman–Crippen MR) is 39.0 cm³/mol. The van der Waals surface area contributed by atoms with Crippen molar-refractivity contribution in [1.29, 1.82) is 0 Å². The number of halogens is 1. The summed E-state index contributed by atoms with van der Waals surface area (Å²) in [5.41, 5.74) is 1.07. The van der Waals surface area contributed by atoms with E-state index in [1.54, 1.807) is 0 Å². The SMILES string of the molecule is [CH-]=N/C(Cl)=C1/CCN[C]1=[W]. The Morgan fingerprint density at radius 1 is 1.80 bits per heavy atom. The molecule has 1 heterocycles. The maximum atomic E-state index is 5.71. The Morgan fingerprint density at radius 2 is 2.50 bits per heavy atom. The maximum absolute atomic E-state index is 5.71. The molecule has 2 nitrogen and oxygen atoms in total. The molecule has 54 valence electrons. The van der Waals surface area contributed by atoms with E-state index in [-0.39, 0.29) is 0 Å². The zero-order valence-electron chi connectivity index (χ0n) is 5.22. The third kappa shape index (κ3) is 1.63. The minimum atomic E-state index is 0.440. The van der Waals surface area contributed by atoms with Crippen molar-refractivity contribution >= 4 is 22.3 Å². The molecule has 1 N–H and O–H groups in total. The van der Waals surface area contributed by atoms with E-state index in [0.29, 0.717) is 5.16 Å². The van der Waals surface area contributed by atoms with Gasteiger partial charge in [0.05, 0.1) is 0 Å². The number of aliphatic imine (C=N–C) groups is 1. The van der Waals surface area contributed by atoms with Crippen LogP contribution in [0.5, 0.6) is 0 Å². The zero-order valence-corrected chi connectivity index (χ0v) is 8.91. The molecule has 0 amide bonds. The van der Waals surface area contributed by atoms with Gasteiger partial charge in [-0.05, 0) is 0 Å². The third-order valence-electron chi connectivity index (χ3n) is 1.30. The van der Waals surface area contributed by atoms with Crippen molar-refractivity contribution in [3.63, 3.8) is 0 Å². The molecular formula is C6H6ClN2W-. The zero-order chi connectivity index (χ0) is 7.56. The fraction of sp³-hybridized carbons (Fsp3) is 0.333. The monoisotopic (exact) mass is 325 g/mol. The molecule has 0 unspecified atom stereocenters. The van der Waals surface area contributed by atoms with Gasteiger partial charge in [-0.2, -0.15) is 0 Å². The van der Waals surface area contributed by atoms with Crippen LogP contribution in [0.4, 0.5) is 0 Å². The molecule has 0 aliphatic carbocycles. The van der Waals surface area contributed by atoms with E-state index in [2.05, 4.69) is 10.3 Å². The second-order valence-corrected chi connectivity index (χ2v) is 3.73. The molecule has 0 radical (unpaired) electrons. The topological polar surface area (TPSA) is 24.4 Å². The van der Waals surface area contributed by atoms with Gasteiger partial charge in [-0.15, -0.1) is 0 Å². The second-order valence-electron chi connectivity index (χ2n) is 1.90. The molecule has 1 fully saturated rings. The van der Waals surface area contributed by atoms with Gasteiger partial charge in [0.1, 0.15) is 0 Å². The normalized spacial score (nSPS) is 23.1. The Bertz CT molecular complexity index is 210. The molecule has 0 saturated carbocycles. The molecule has 1 saturated heterocycles.